The number of hydrogen-bond donors (Lipinski definition) is 1. The normalized spacial score (nSPS) is 37.1. The lowest BCUT2D eigenvalue weighted by Crippen LogP contribution is -2.57. The molecule has 0 bridgehead atoms. The lowest BCUT2D eigenvalue weighted by molar-refractivity contribution is 0.107. The van der Waals surface area contributed by atoms with Gasteiger partial charge < -0.3 is 5.32 Å². The average Bonchev–Trinajstić information content (AvgIpc) is 2.62. The van der Waals surface area contributed by atoms with E-state index in [1.807, 2.05) is 0 Å². The smallest absolute Gasteiger partial charge is 0.0213 e. The maximum atomic E-state index is 3.70. The molecule has 2 rings (SSSR count). The highest BCUT2D eigenvalue weighted by atomic mass is 15.3. The van der Waals surface area contributed by atoms with E-state index in [0.717, 1.165) is 12.6 Å². The highest BCUT2D eigenvalue weighted by Gasteiger charge is 2.67. The van der Waals surface area contributed by atoms with Crippen LogP contribution in [0.4, 0.5) is 0 Å². The molecule has 0 aromatic rings. The summed E-state index contributed by atoms with van der Waals surface area (Å²) >= 11 is 0. The average molecular weight is 238 g/mol. The van der Waals surface area contributed by atoms with Crippen LogP contribution in [0.15, 0.2) is 0 Å². The van der Waals surface area contributed by atoms with E-state index in [4.69, 9.17) is 0 Å². The Hall–Kier alpha value is -0.0800. The fraction of sp³-hybridized carbons (Fsp3) is 1.00. The molecule has 0 aromatic carbocycles. The van der Waals surface area contributed by atoms with Gasteiger partial charge in [-0.25, -0.2) is 0 Å². The summed E-state index contributed by atoms with van der Waals surface area (Å²) in [5.74, 6) is 0. The van der Waals surface area contributed by atoms with E-state index >= 15 is 0 Å². The van der Waals surface area contributed by atoms with Crippen molar-refractivity contribution in [3.8, 4) is 0 Å². The number of piperazine rings is 1. The zero-order valence-electron chi connectivity index (χ0n) is 12.5. The Morgan fingerprint density at radius 1 is 1.18 bits per heavy atom. The van der Waals surface area contributed by atoms with Gasteiger partial charge in [-0.2, -0.15) is 0 Å². The van der Waals surface area contributed by atoms with Crippen molar-refractivity contribution < 1.29 is 0 Å². The van der Waals surface area contributed by atoms with Gasteiger partial charge in [0.2, 0.25) is 0 Å². The minimum Gasteiger partial charge on any atom is -0.311 e. The minimum atomic E-state index is 0.482. The lowest BCUT2D eigenvalue weighted by atomic mass is 10.0. The van der Waals surface area contributed by atoms with Crippen LogP contribution in [-0.2, 0) is 0 Å². The first-order valence-corrected chi connectivity index (χ1v) is 7.31. The molecule has 2 unspecified atom stereocenters. The molecule has 2 fully saturated rings. The summed E-state index contributed by atoms with van der Waals surface area (Å²) in [6.45, 7) is 16.8. The molecule has 0 spiro atoms. The SMILES string of the molecule is CCCC1CN(C2C(C)(C)C2(C)C)C(C)CN1. The molecule has 17 heavy (non-hydrogen) atoms. The van der Waals surface area contributed by atoms with Gasteiger partial charge >= 0.3 is 0 Å². The van der Waals surface area contributed by atoms with Crippen LogP contribution in [0, 0.1) is 10.8 Å². The Labute approximate surface area is 107 Å². The number of nitrogens with zero attached hydrogens (tertiary/aromatic N) is 1. The van der Waals surface area contributed by atoms with Gasteiger partial charge in [0.05, 0.1) is 0 Å². The van der Waals surface area contributed by atoms with Crippen LogP contribution in [0.2, 0.25) is 0 Å². The van der Waals surface area contributed by atoms with Gasteiger partial charge in [0.1, 0.15) is 0 Å². The molecule has 1 heterocycles. The Kier molecular flexibility index (Phi) is 3.33. The molecule has 2 heteroatoms. The second-order valence-corrected chi connectivity index (χ2v) is 7.29. The van der Waals surface area contributed by atoms with Gasteiger partial charge in [0.15, 0.2) is 0 Å². The summed E-state index contributed by atoms with van der Waals surface area (Å²) in [5.41, 5.74) is 0.963. The zero-order valence-corrected chi connectivity index (χ0v) is 12.5. The van der Waals surface area contributed by atoms with Crippen molar-refractivity contribution in [2.45, 2.75) is 72.5 Å². The van der Waals surface area contributed by atoms with Crippen LogP contribution in [0.3, 0.4) is 0 Å². The summed E-state index contributed by atoms with van der Waals surface area (Å²) in [4.78, 5) is 2.77. The Bertz CT molecular complexity index is 269. The van der Waals surface area contributed by atoms with E-state index in [1.165, 1.54) is 19.4 Å². The first-order valence-electron chi connectivity index (χ1n) is 7.31. The van der Waals surface area contributed by atoms with Crippen molar-refractivity contribution in [2.75, 3.05) is 13.1 Å². The Morgan fingerprint density at radius 2 is 1.76 bits per heavy atom. The van der Waals surface area contributed by atoms with Crippen LogP contribution in [0.25, 0.3) is 0 Å². The van der Waals surface area contributed by atoms with Gasteiger partial charge in [-0.05, 0) is 24.2 Å². The largest absolute Gasteiger partial charge is 0.311 e. The first-order chi connectivity index (χ1) is 7.82. The van der Waals surface area contributed by atoms with Crippen molar-refractivity contribution >= 4 is 0 Å². The van der Waals surface area contributed by atoms with Crippen LogP contribution < -0.4 is 5.32 Å². The van der Waals surface area contributed by atoms with Crippen LogP contribution in [0.5, 0.6) is 0 Å². The van der Waals surface area contributed by atoms with E-state index in [9.17, 15) is 0 Å². The second-order valence-electron chi connectivity index (χ2n) is 7.29. The van der Waals surface area contributed by atoms with E-state index in [2.05, 4.69) is 51.8 Å². The Morgan fingerprint density at radius 3 is 2.24 bits per heavy atom. The highest BCUT2D eigenvalue weighted by Crippen LogP contribution is 2.65. The third kappa shape index (κ3) is 2.04. The molecule has 0 amide bonds. The maximum Gasteiger partial charge on any atom is 0.0213 e. The van der Waals surface area contributed by atoms with Crippen molar-refractivity contribution in [2.24, 2.45) is 10.8 Å². The fourth-order valence-corrected chi connectivity index (χ4v) is 3.85. The van der Waals surface area contributed by atoms with E-state index in [0.29, 0.717) is 22.9 Å². The zero-order chi connectivity index (χ0) is 12.8. The molecule has 1 aliphatic carbocycles. The monoisotopic (exact) mass is 238 g/mol. The van der Waals surface area contributed by atoms with E-state index in [-0.39, 0.29) is 0 Å². The molecule has 2 atom stereocenters. The van der Waals surface area contributed by atoms with Crippen molar-refractivity contribution in [1.82, 2.24) is 10.2 Å². The number of nitrogens with one attached hydrogen (secondary N) is 1. The number of hydrogen-bond acceptors (Lipinski definition) is 2. The summed E-state index contributed by atoms with van der Waals surface area (Å²) in [6, 6.07) is 2.17. The van der Waals surface area contributed by atoms with Crippen LogP contribution >= 0.6 is 0 Å². The van der Waals surface area contributed by atoms with Gasteiger partial charge in [-0.15, -0.1) is 0 Å². The van der Waals surface area contributed by atoms with Crippen molar-refractivity contribution in [1.29, 1.82) is 0 Å². The standard InChI is InChI=1S/C15H30N2/c1-7-8-12-10-17(11(2)9-16-12)13-14(3,4)15(13,5)6/h11-13,16H,7-10H2,1-6H3. The van der Waals surface area contributed by atoms with Gasteiger partial charge in [0, 0.05) is 31.2 Å². The quantitative estimate of drug-likeness (QED) is 0.813. The van der Waals surface area contributed by atoms with Crippen molar-refractivity contribution in [3.63, 3.8) is 0 Å². The van der Waals surface area contributed by atoms with Crippen LogP contribution in [-0.4, -0.2) is 36.1 Å². The van der Waals surface area contributed by atoms with Gasteiger partial charge in [0.25, 0.3) is 0 Å². The molecule has 1 aliphatic heterocycles. The van der Waals surface area contributed by atoms with Crippen molar-refractivity contribution in [3.05, 3.63) is 0 Å². The molecule has 2 aliphatic rings. The lowest BCUT2D eigenvalue weighted by Gasteiger charge is -2.40. The van der Waals surface area contributed by atoms with E-state index in [1.54, 1.807) is 0 Å². The summed E-state index contributed by atoms with van der Waals surface area (Å²) in [5, 5.41) is 3.70. The first kappa shape index (κ1) is 13.4. The predicted molar refractivity (Wildman–Crippen MR) is 74.2 cm³/mol. The minimum absolute atomic E-state index is 0.482. The molecule has 1 N–H and O–H groups in total. The van der Waals surface area contributed by atoms with E-state index < -0.39 is 0 Å². The Balaban J connectivity index is 2.05. The van der Waals surface area contributed by atoms with Gasteiger partial charge in [-0.3, -0.25) is 4.90 Å². The fourth-order valence-electron chi connectivity index (χ4n) is 3.85. The maximum absolute atomic E-state index is 3.70. The topological polar surface area (TPSA) is 15.3 Å². The van der Waals surface area contributed by atoms with Gasteiger partial charge in [-0.1, -0.05) is 41.0 Å². The third-order valence-electron chi connectivity index (χ3n) is 5.61. The summed E-state index contributed by atoms with van der Waals surface area (Å²) in [7, 11) is 0. The molecular formula is C15H30N2. The summed E-state index contributed by atoms with van der Waals surface area (Å²) < 4.78 is 0. The summed E-state index contributed by atoms with van der Waals surface area (Å²) in [6.07, 6.45) is 2.61. The molecule has 0 radical (unpaired) electrons. The number of rotatable bonds is 3. The highest BCUT2D eigenvalue weighted by molar-refractivity contribution is 5.19. The predicted octanol–water partition coefficient (Wildman–Crippen LogP) is 2.88. The second kappa shape index (κ2) is 4.24. The van der Waals surface area contributed by atoms with Crippen LogP contribution in [0.1, 0.15) is 54.4 Å². The molecular weight excluding hydrogens is 208 g/mol. The third-order valence-corrected chi connectivity index (χ3v) is 5.61. The molecule has 100 valence electrons. The molecule has 1 saturated carbocycles. The molecule has 2 nitrogen and oxygen atoms in total. The molecule has 0 aromatic heterocycles. The molecule has 1 saturated heterocycles.